The van der Waals surface area contributed by atoms with Gasteiger partial charge in [0, 0.05) is 11.8 Å². The SMILES string of the molecule is CCOC(=O)[C@H]1[C@H](c2ccccc2)[C@H](C(=O)O)[C@H]1c1ccccc1. The summed E-state index contributed by atoms with van der Waals surface area (Å²) < 4.78 is 5.25. The van der Waals surface area contributed by atoms with Crippen LogP contribution in [-0.2, 0) is 14.3 Å². The van der Waals surface area contributed by atoms with Gasteiger partial charge in [-0.25, -0.2) is 0 Å². The standard InChI is InChI=1S/C20H20O4/c1-2-24-20(23)18-15(13-9-5-3-6-10-13)17(19(21)22)16(18)14-11-7-4-8-12-14/h3-12,15-18H,2H2,1H3,(H,21,22)/t15-,16-,17-,18-/m1/s1. The Hall–Kier alpha value is -2.62. The molecular weight excluding hydrogens is 304 g/mol. The van der Waals surface area contributed by atoms with Crippen molar-refractivity contribution < 1.29 is 19.4 Å². The van der Waals surface area contributed by atoms with Gasteiger partial charge in [0.15, 0.2) is 0 Å². The molecule has 0 aliphatic heterocycles. The summed E-state index contributed by atoms with van der Waals surface area (Å²) in [5, 5.41) is 9.77. The number of carbonyl (C=O) groups is 2. The van der Waals surface area contributed by atoms with Crippen molar-refractivity contribution in [2.24, 2.45) is 11.8 Å². The van der Waals surface area contributed by atoms with Crippen molar-refractivity contribution in [3.8, 4) is 0 Å². The molecule has 4 nitrogen and oxygen atoms in total. The van der Waals surface area contributed by atoms with E-state index in [2.05, 4.69) is 0 Å². The molecule has 3 rings (SSSR count). The smallest absolute Gasteiger partial charge is 0.310 e. The van der Waals surface area contributed by atoms with E-state index in [0.717, 1.165) is 11.1 Å². The predicted molar refractivity (Wildman–Crippen MR) is 89.6 cm³/mol. The second-order valence-electron chi connectivity index (χ2n) is 6.01. The van der Waals surface area contributed by atoms with Crippen molar-refractivity contribution in [3.63, 3.8) is 0 Å². The average molecular weight is 324 g/mol. The molecule has 0 spiro atoms. The molecule has 0 amide bonds. The summed E-state index contributed by atoms with van der Waals surface area (Å²) >= 11 is 0. The molecule has 1 aliphatic carbocycles. The molecule has 0 heterocycles. The highest BCUT2D eigenvalue weighted by molar-refractivity contribution is 5.84. The molecule has 1 N–H and O–H groups in total. The third kappa shape index (κ3) is 2.80. The van der Waals surface area contributed by atoms with Gasteiger partial charge in [-0.3, -0.25) is 9.59 Å². The lowest BCUT2D eigenvalue weighted by Gasteiger charge is -2.49. The van der Waals surface area contributed by atoms with Gasteiger partial charge < -0.3 is 9.84 Å². The lowest BCUT2D eigenvalue weighted by atomic mass is 9.52. The van der Waals surface area contributed by atoms with Gasteiger partial charge in [-0.05, 0) is 18.1 Å². The van der Waals surface area contributed by atoms with Crippen molar-refractivity contribution in [3.05, 3.63) is 71.8 Å². The molecule has 0 saturated heterocycles. The Morgan fingerprint density at radius 2 is 1.33 bits per heavy atom. The quantitative estimate of drug-likeness (QED) is 0.856. The van der Waals surface area contributed by atoms with Gasteiger partial charge >= 0.3 is 11.9 Å². The largest absolute Gasteiger partial charge is 0.481 e. The first-order valence-electron chi connectivity index (χ1n) is 8.14. The van der Waals surface area contributed by atoms with Crippen LogP contribution in [0.15, 0.2) is 60.7 Å². The summed E-state index contributed by atoms with van der Waals surface area (Å²) in [6.45, 7) is 2.05. The van der Waals surface area contributed by atoms with Gasteiger partial charge in [0.25, 0.3) is 0 Å². The number of benzene rings is 2. The van der Waals surface area contributed by atoms with E-state index in [1.54, 1.807) is 6.92 Å². The zero-order valence-corrected chi connectivity index (χ0v) is 13.5. The first-order valence-corrected chi connectivity index (χ1v) is 8.14. The third-order valence-corrected chi connectivity index (χ3v) is 4.76. The number of hydrogen-bond donors (Lipinski definition) is 1. The van der Waals surface area contributed by atoms with Gasteiger partial charge in [0.2, 0.25) is 0 Å². The fourth-order valence-corrected chi connectivity index (χ4v) is 3.77. The van der Waals surface area contributed by atoms with Gasteiger partial charge in [-0.2, -0.15) is 0 Å². The summed E-state index contributed by atoms with van der Waals surface area (Å²) in [6.07, 6.45) is 0. The summed E-state index contributed by atoms with van der Waals surface area (Å²) in [7, 11) is 0. The Bertz CT molecular complexity index is 663. The number of carboxylic acid groups (broad SMARTS) is 1. The number of carboxylic acids is 1. The van der Waals surface area contributed by atoms with Crippen LogP contribution in [0, 0.1) is 11.8 Å². The monoisotopic (exact) mass is 324 g/mol. The van der Waals surface area contributed by atoms with E-state index < -0.39 is 17.8 Å². The summed E-state index contributed by atoms with van der Waals surface area (Å²) in [4.78, 5) is 24.5. The normalized spacial score (nSPS) is 25.5. The molecule has 2 aromatic carbocycles. The molecule has 1 aliphatic rings. The summed E-state index contributed by atoms with van der Waals surface area (Å²) in [6, 6.07) is 18.8. The minimum Gasteiger partial charge on any atom is -0.481 e. The molecule has 2 aromatic rings. The van der Waals surface area contributed by atoms with Gasteiger partial charge in [0.05, 0.1) is 18.4 Å². The maximum Gasteiger partial charge on any atom is 0.310 e. The van der Waals surface area contributed by atoms with E-state index in [-0.39, 0.29) is 24.4 Å². The van der Waals surface area contributed by atoms with Crippen LogP contribution in [0.4, 0.5) is 0 Å². The van der Waals surface area contributed by atoms with E-state index >= 15 is 0 Å². The summed E-state index contributed by atoms with van der Waals surface area (Å²) in [5.74, 6) is -3.04. The van der Waals surface area contributed by atoms with Crippen LogP contribution in [0.1, 0.15) is 29.9 Å². The van der Waals surface area contributed by atoms with Gasteiger partial charge in [-0.15, -0.1) is 0 Å². The number of hydrogen-bond acceptors (Lipinski definition) is 3. The van der Waals surface area contributed by atoms with Crippen LogP contribution in [-0.4, -0.2) is 23.7 Å². The molecule has 0 unspecified atom stereocenters. The zero-order valence-electron chi connectivity index (χ0n) is 13.5. The first-order chi connectivity index (χ1) is 11.6. The molecule has 0 bridgehead atoms. The molecular formula is C20H20O4. The first kappa shape index (κ1) is 16.2. The van der Waals surface area contributed by atoms with Crippen LogP contribution in [0.5, 0.6) is 0 Å². The van der Waals surface area contributed by atoms with Gasteiger partial charge in [-0.1, -0.05) is 60.7 Å². The number of aliphatic carboxylic acids is 1. The van der Waals surface area contributed by atoms with Crippen LogP contribution >= 0.6 is 0 Å². The second-order valence-corrected chi connectivity index (χ2v) is 6.01. The molecule has 0 aromatic heterocycles. The summed E-state index contributed by atoms with van der Waals surface area (Å²) in [5.41, 5.74) is 1.74. The van der Waals surface area contributed by atoms with Crippen molar-refractivity contribution in [2.75, 3.05) is 6.61 Å². The number of rotatable bonds is 5. The van der Waals surface area contributed by atoms with E-state index in [0.29, 0.717) is 0 Å². The fourth-order valence-electron chi connectivity index (χ4n) is 3.77. The number of esters is 1. The highest BCUT2D eigenvalue weighted by Crippen LogP contribution is 2.57. The van der Waals surface area contributed by atoms with Gasteiger partial charge in [0.1, 0.15) is 0 Å². The van der Waals surface area contributed by atoms with Crippen LogP contribution in [0.3, 0.4) is 0 Å². The van der Waals surface area contributed by atoms with E-state index in [1.807, 2.05) is 60.7 Å². The maximum atomic E-state index is 12.5. The van der Waals surface area contributed by atoms with Crippen molar-refractivity contribution >= 4 is 11.9 Å². The molecule has 2 atom stereocenters. The number of carbonyl (C=O) groups excluding carboxylic acids is 1. The molecule has 4 heteroatoms. The topological polar surface area (TPSA) is 63.6 Å². The van der Waals surface area contributed by atoms with Crippen molar-refractivity contribution in [1.29, 1.82) is 0 Å². The Labute approximate surface area is 141 Å². The lowest BCUT2D eigenvalue weighted by molar-refractivity contribution is -0.163. The van der Waals surface area contributed by atoms with Crippen LogP contribution < -0.4 is 0 Å². The highest BCUT2D eigenvalue weighted by Gasteiger charge is 2.58. The molecule has 1 saturated carbocycles. The third-order valence-electron chi connectivity index (χ3n) is 4.76. The highest BCUT2D eigenvalue weighted by atomic mass is 16.5. The van der Waals surface area contributed by atoms with E-state index in [9.17, 15) is 14.7 Å². The lowest BCUT2D eigenvalue weighted by Crippen LogP contribution is -2.51. The Morgan fingerprint density at radius 3 is 1.71 bits per heavy atom. The van der Waals surface area contributed by atoms with E-state index in [4.69, 9.17) is 4.74 Å². The minimum atomic E-state index is -0.877. The second kappa shape index (κ2) is 6.87. The Balaban J connectivity index is 2.03. The molecule has 124 valence electrons. The Morgan fingerprint density at radius 1 is 0.875 bits per heavy atom. The average Bonchev–Trinajstić information content (AvgIpc) is 2.56. The fraction of sp³-hybridized carbons (Fsp3) is 0.300. The molecule has 0 radical (unpaired) electrons. The zero-order chi connectivity index (χ0) is 17.1. The van der Waals surface area contributed by atoms with Crippen LogP contribution in [0.2, 0.25) is 0 Å². The maximum absolute atomic E-state index is 12.5. The molecule has 1 fully saturated rings. The number of ether oxygens (including phenoxy) is 1. The minimum absolute atomic E-state index is 0.288. The van der Waals surface area contributed by atoms with Crippen molar-refractivity contribution in [1.82, 2.24) is 0 Å². The van der Waals surface area contributed by atoms with Crippen molar-refractivity contribution in [2.45, 2.75) is 18.8 Å². The van der Waals surface area contributed by atoms with E-state index in [1.165, 1.54) is 0 Å². The van der Waals surface area contributed by atoms with Crippen LogP contribution in [0.25, 0.3) is 0 Å². The predicted octanol–water partition coefficient (Wildman–Crippen LogP) is 3.45. The molecule has 24 heavy (non-hydrogen) atoms. The Kier molecular flexibility index (Phi) is 4.65.